The molecule has 1 atom stereocenters. The number of aliphatic imine (C=N–C) groups is 1. The molecule has 2 aliphatic heterocycles. The van der Waals surface area contributed by atoms with E-state index in [0.717, 1.165) is 24.0 Å². The average molecular weight is 430 g/mol. The molecule has 0 aromatic heterocycles. The van der Waals surface area contributed by atoms with E-state index in [0.29, 0.717) is 30.2 Å². The first-order valence-corrected chi connectivity index (χ1v) is 10.5. The Bertz CT molecular complexity index is 990. The van der Waals surface area contributed by atoms with Crippen LogP contribution in [0.1, 0.15) is 42.9 Å². The van der Waals surface area contributed by atoms with E-state index in [-0.39, 0.29) is 30.1 Å². The molecule has 7 heteroatoms. The van der Waals surface area contributed by atoms with E-state index < -0.39 is 5.54 Å². The summed E-state index contributed by atoms with van der Waals surface area (Å²) in [5.41, 5.74) is 7.47. The lowest BCUT2D eigenvalue weighted by Gasteiger charge is -2.40. The fourth-order valence-electron chi connectivity index (χ4n) is 4.32. The van der Waals surface area contributed by atoms with Gasteiger partial charge in [0.15, 0.2) is 5.96 Å². The van der Waals surface area contributed by atoms with Gasteiger partial charge in [-0.1, -0.05) is 48.0 Å². The quantitative estimate of drug-likeness (QED) is 0.798. The predicted molar refractivity (Wildman–Crippen MR) is 115 cm³/mol. The number of guanidine groups is 1. The third kappa shape index (κ3) is 3.94. The zero-order valence-corrected chi connectivity index (χ0v) is 17.7. The van der Waals surface area contributed by atoms with E-state index >= 15 is 0 Å². The van der Waals surface area contributed by atoms with Gasteiger partial charge >= 0.3 is 0 Å². The molecule has 2 aromatic rings. The van der Waals surface area contributed by atoms with Crippen molar-refractivity contribution in [2.24, 2.45) is 10.7 Å². The third-order valence-corrected chi connectivity index (χ3v) is 6.37. The van der Waals surface area contributed by atoms with Crippen molar-refractivity contribution < 1.29 is 13.9 Å². The summed E-state index contributed by atoms with van der Waals surface area (Å²) in [7, 11) is 0. The molecule has 2 heterocycles. The Labute approximate surface area is 180 Å². The lowest BCUT2D eigenvalue weighted by molar-refractivity contribution is -0.132. The molecule has 158 valence electrons. The van der Waals surface area contributed by atoms with Crippen LogP contribution < -0.4 is 5.73 Å². The van der Waals surface area contributed by atoms with Gasteiger partial charge in [-0.3, -0.25) is 9.69 Å². The first-order valence-electron chi connectivity index (χ1n) is 10.2. The third-order valence-electron chi connectivity index (χ3n) is 5.93. The number of nitrogens with two attached hydrogens (primary N) is 1. The van der Waals surface area contributed by atoms with Gasteiger partial charge in [0, 0.05) is 30.7 Å². The predicted octanol–water partition coefficient (Wildman–Crippen LogP) is 4.01. The monoisotopic (exact) mass is 429 g/mol. The standard InChI is InChI=1S/C23H25ClFN3O2/c1-23(14-20(29)28(22(26)27-23)17-9-11-30-12-10-17)18-7-4-6-16(21(18)24)13-15-5-2-3-8-19(15)25/h2-8,17H,9-14H2,1H3,(H2,26,27)/t23-/m0/s1. The van der Waals surface area contributed by atoms with Crippen LogP contribution in [0.5, 0.6) is 0 Å². The molecule has 0 aliphatic carbocycles. The number of benzene rings is 2. The highest BCUT2D eigenvalue weighted by Crippen LogP contribution is 2.40. The number of hydrogen-bond donors (Lipinski definition) is 1. The number of amides is 1. The van der Waals surface area contributed by atoms with Crippen molar-refractivity contribution in [2.45, 2.75) is 44.2 Å². The van der Waals surface area contributed by atoms with Crippen molar-refractivity contribution in [1.29, 1.82) is 0 Å². The molecule has 0 saturated carbocycles. The molecule has 0 bridgehead atoms. The van der Waals surface area contributed by atoms with Crippen LogP contribution in [0, 0.1) is 5.82 Å². The molecule has 1 fully saturated rings. The average Bonchev–Trinajstić information content (AvgIpc) is 2.71. The summed E-state index contributed by atoms with van der Waals surface area (Å²) >= 11 is 6.74. The van der Waals surface area contributed by atoms with Crippen molar-refractivity contribution in [2.75, 3.05) is 13.2 Å². The fraction of sp³-hybridized carbons (Fsp3) is 0.391. The Morgan fingerprint density at radius 2 is 1.90 bits per heavy atom. The molecule has 0 spiro atoms. The molecule has 0 radical (unpaired) electrons. The second kappa shape index (κ2) is 8.36. The van der Waals surface area contributed by atoms with Crippen molar-refractivity contribution in [3.8, 4) is 0 Å². The van der Waals surface area contributed by atoms with Gasteiger partial charge in [-0.05, 0) is 42.5 Å². The van der Waals surface area contributed by atoms with Crippen molar-refractivity contribution in [3.63, 3.8) is 0 Å². The molecular formula is C23H25ClFN3O2. The maximum atomic E-state index is 14.1. The second-order valence-electron chi connectivity index (χ2n) is 8.07. The van der Waals surface area contributed by atoms with E-state index in [1.807, 2.05) is 25.1 Å². The summed E-state index contributed by atoms with van der Waals surface area (Å²) < 4.78 is 19.5. The molecule has 2 N–H and O–H groups in total. The van der Waals surface area contributed by atoms with Gasteiger partial charge in [-0.15, -0.1) is 0 Å². The number of carbonyl (C=O) groups is 1. The molecule has 1 saturated heterocycles. The highest BCUT2D eigenvalue weighted by Gasteiger charge is 2.41. The van der Waals surface area contributed by atoms with Crippen molar-refractivity contribution in [3.05, 3.63) is 70.0 Å². The Morgan fingerprint density at radius 3 is 2.60 bits per heavy atom. The summed E-state index contributed by atoms with van der Waals surface area (Å²) in [6.45, 7) is 3.10. The van der Waals surface area contributed by atoms with Crippen LogP contribution in [0.3, 0.4) is 0 Å². The van der Waals surface area contributed by atoms with Gasteiger partial charge in [0.2, 0.25) is 5.91 Å². The van der Waals surface area contributed by atoms with E-state index in [2.05, 4.69) is 0 Å². The molecule has 30 heavy (non-hydrogen) atoms. The van der Waals surface area contributed by atoms with Crippen LogP contribution in [0.2, 0.25) is 5.02 Å². The number of rotatable bonds is 4. The van der Waals surface area contributed by atoms with Gasteiger partial charge < -0.3 is 10.5 Å². The van der Waals surface area contributed by atoms with E-state index in [1.54, 1.807) is 23.1 Å². The smallest absolute Gasteiger partial charge is 0.232 e. The number of carbonyl (C=O) groups excluding carboxylic acids is 1. The molecule has 1 amide bonds. The minimum Gasteiger partial charge on any atom is -0.381 e. The second-order valence-corrected chi connectivity index (χ2v) is 8.45. The van der Waals surface area contributed by atoms with Crippen LogP contribution in [-0.2, 0) is 21.5 Å². The van der Waals surface area contributed by atoms with E-state index in [1.165, 1.54) is 6.07 Å². The van der Waals surface area contributed by atoms with Gasteiger partial charge in [-0.2, -0.15) is 0 Å². The SMILES string of the molecule is C[C@@]1(c2cccc(Cc3ccccc3F)c2Cl)CC(=O)N(C2CCOCC2)C(N)=N1. The lowest BCUT2D eigenvalue weighted by atomic mass is 9.85. The summed E-state index contributed by atoms with van der Waals surface area (Å²) in [6.07, 6.45) is 2.03. The van der Waals surface area contributed by atoms with Gasteiger partial charge in [0.1, 0.15) is 5.82 Å². The Morgan fingerprint density at radius 1 is 1.20 bits per heavy atom. The highest BCUT2D eigenvalue weighted by atomic mass is 35.5. The van der Waals surface area contributed by atoms with Crippen molar-refractivity contribution in [1.82, 2.24) is 4.90 Å². The number of nitrogens with zero attached hydrogens (tertiary/aromatic N) is 2. The Balaban J connectivity index is 1.66. The zero-order chi connectivity index (χ0) is 21.3. The first-order chi connectivity index (χ1) is 14.4. The van der Waals surface area contributed by atoms with Crippen LogP contribution in [-0.4, -0.2) is 36.0 Å². The van der Waals surface area contributed by atoms with Crippen molar-refractivity contribution >= 4 is 23.5 Å². The number of ether oxygens (including phenoxy) is 1. The Hall–Kier alpha value is -2.44. The van der Waals surface area contributed by atoms with Crippen LogP contribution in [0.25, 0.3) is 0 Å². The maximum absolute atomic E-state index is 14.1. The molecule has 2 aromatic carbocycles. The summed E-state index contributed by atoms with van der Waals surface area (Å²) in [4.78, 5) is 19.4. The van der Waals surface area contributed by atoms with Crippen LogP contribution in [0.4, 0.5) is 4.39 Å². The molecule has 4 rings (SSSR count). The largest absolute Gasteiger partial charge is 0.381 e. The van der Waals surface area contributed by atoms with Crippen LogP contribution >= 0.6 is 11.6 Å². The highest BCUT2D eigenvalue weighted by molar-refractivity contribution is 6.32. The van der Waals surface area contributed by atoms with E-state index in [4.69, 9.17) is 27.1 Å². The number of halogens is 2. The summed E-state index contributed by atoms with van der Waals surface area (Å²) in [5.74, 6) is -0.115. The molecule has 0 unspecified atom stereocenters. The Kier molecular flexibility index (Phi) is 5.80. The van der Waals surface area contributed by atoms with Crippen LogP contribution in [0.15, 0.2) is 47.5 Å². The van der Waals surface area contributed by atoms with Gasteiger partial charge in [0.05, 0.1) is 12.0 Å². The number of hydrogen-bond acceptors (Lipinski definition) is 4. The topological polar surface area (TPSA) is 67.9 Å². The first kappa shape index (κ1) is 20.8. The zero-order valence-electron chi connectivity index (χ0n) is 16.9. The minimum atomic E-state index is -0.870. The van der Waals surface area contributed by atoms with Gasteiger partial charge in [0.25, 0.3) is 0 Å². The minimum absolute atomic E-state index is 0.0161. The molecular weight excluding hydrogens is 405 g/mol. The summed E-state index contributed by atoms with van der Waals surface area (Å²) in [5, 5.41) is 0.493. The lowest BCUT2D eigenvalue weighted by Crippen LogP contribution is -2.55. The van der Waals surface area contributed by atoms with Gasteiger partial charge in [-0.25, -0.2) is 9.38 Å². The normalized spacial score (nSPS) is 22.8. The fourth-order valence-corrected chi connectivity index (χ4v) is 4.72. The van der Waals surface area contributed by atoms with E-state index in [9.17, 15) is 9.18 Å². The maximum Gasteiger partial charge on any atom is 0.232 e. The summed E-state index contributed by atoms with van der Waals surface area (Å²) in [6, 6.07) is 12.2. The molecule has 2 aliphatic rings. The molecule has 5 nitrogen and oxygen atoms in total.